The molecule has 3 aromatic heterocycles. The Morgan fingerprint density at radius 1 is 0.972 bits per heavy atom. The lowest BCUT2D eigenvalue weighted by Crippen LogP contribution is -2.34. The maximum Gasteiger partial charge on any atom is 0.187 e. The number of rotatable bonds is 5. The van der Waals surface area contributed by atoms with Crippen molar-refractivity contribution in [2.45, 2.75) is 26.3 Å². The van der Waals surface area contributed by atoms with Gasteiger partial charge in [-0.15, -0.1) is 0 Å². The molecule has 2 aromatic carbocycles. The van der Waals surface area contributed by atoms with E-state index >= 15 is 0 Å². The highest BCUT2D eigenvalue weighted by molar-refractivity contribution is 6.02. The zero-order chi connectivity index (χ0) is 24.6. The van der Waals surface area contributed by atoms with Gasteiger partial charge in [-0.25, -0.2) is 4.85 Å². The molecule has 0 N–H and O–H groups in total. The summed E-state index contributed by atoms with van der Waals surface area (Å²) >= 11 is 0. The van der Waals surface area contributed by atoms with Crippen LogP contribution in [0, 0.1) is 12.5 Å². The second kappa shape index (κ2) is 9.25. The number of aryl methyl sites for hydroxylation is 1. The van der Waals surface area contributed by atoms with Crippen LogP contribution in [0.4, 0.5) is 5.69 Å². The van der Waals surface area contributed by atoms with Crippen molar-refractivity contribution in [2.75, 3.05) is 19.6 Å². The molecule has 0 spiro atoms. The quantitative estimate of drug-likeness (QED) is 0.272. The second-order valence-electron chi connectivity index (χ2n) is 9.83. The average Bonchev–Trinajstić information content (AvgIpc) is 3.51. The fraction of sp³-hybridized carbons (Fsp3) is 0.300. The third-order valence-corrected chi connectivity index (χ3v) is 7.74. The number of hydrogen-bond acceptors (Lipinski definition) is 3. The van der Waals surface area contributed by atoms with E-state index < -0.39 is 0 Å². The Kier molecular flexibility index (Phi) is 5.79. The first-order valence-electron chi connectivity index (χ1n) is 12.7. The first kappa shape index (κ1) is 22.5. The predicted molar refractivity (Wildman–Crippen MR) is 146 cm³/mol. The van der Waals surface area contributed by atoms with E-state index in [1.807, 2.05) is 48.4 Å². The molecule has 0 unspecified atom stereocenters. The van der Waals surface area contributed by atoms with Gasteiger partial charge in [0.25, 0.3) is 0 Å². The number of fused-ring (bicyclic) bond motifs is 2. The molecule has 0 bridgehead atoms. The number of piperidine rings is 1. The minimum atomic E-state index is 0.646. The van der Waals surface area contributed by atoms with Gasteiger partial charge in [0.2, 0.25) is 0 Å². The van der Waals surface area contributed by atoms with E-state index in [-0.39, 0.29) is 0 Å². The van der Waals surface area contributed by atoms with E-state index in [0.29, 0.717) is 11.6 Å². The van der Waals surface area contributed by atoms with Crippen molar-refractivity contribution >= 4 is 27.5 Å². The molecule has 1 fully saturated rings. The zero-order valence-electron chi connectivity index (χ0n) is 20.9. The normalized spacial score (nSPS) is 15.0. The van der Waals surface area contributed by atoms with Crippen molar-refractivity contribution in [1.29, 1.82) is 0 Å². The van der Waals surface area contributed by atoms with Crippen LogP contribution in [0.5, 0.6) is 0 Å². The van der Waals surface area contributed by atoms with Gasteiger partial charge >= 0.3 is 0 Å². The summed E-state index contributed by atoms with van der Waals surface area (Å²) in [5, 5.41) is 6.71. The standard InChI is InChI=1S/C30H30N6/c1-4-35-14-11-21(12-15-35)20-36-16-13-26-28(36)19-32-30(29(26)22-5-8-25(31-2)9-6-22)23-7-10-27-24(17-23)18-33-34(27)3/h5-10,13,16-19,21H,4,11-12,14-15,20H2,1,3H3. The number of aromatic nitrogens is 4. The molecule has 6 rings (SSSR count). The van der Waals surface area contributed by atoms with Crippen molar-refractivity contribution in [3.05, 3.63) is 78.5 Å². The molecule has 0 saturated carbocycles. The molecule has 0 radical (unpaired) electrons. The minimum absolute atomic E-state index is 0.646. The molecule has 180 valence electrons. The Balaban J connectivity index is 1.46. The minimum Gasteiger partial charge on any atom is -0.346 e. The summed E-state index contributed by atoms with van der Waals surface area (Å²) in [7, 11) is 1.96. The Labute approximate surface area is 211 Å². The molecule has 5 aromatic rings. The van der Waals surface area contributed by atoms with E-state index in [1.165, 1.54) is 36.8 Å². The van der Waals surface area contributed by atoms with Gasteiger partial charge in [-0.3, -0.25) is 9.67 Å². The number of pyridine rings is 1. The lowest BCUT2D eigenvalue weighted by Gasteiger charge is -2.31. The summed E-state index contributed by atoms with van der Waals surface area (Å²) in [4.78, 5) is 11.2. The van der Waals surface area contributed by atoms with Gasteiger partial charge in [0.15, 0.2) is 5.69 Å². The Bertz CT molecular complexity index is 1580. The van der Waals surface area contributed by atoms with Crippen molar-refractivity contribution < 1.29 is 0 Å². The van der Waals surface area contributed by atoms with Gasteiger partial charge in [0, 0.05) is 41.7 Å². The molecule has 4 heterocycles. The van der Waals surface area contributed by atoms with Crippen LogP contribution in [0.2, 0.25) is 0 Å². The van der Waals surface area contributed by atoms with Crippen LogP contribution >= 0.6 is 0 Å². The zero-order valence-corrected chi connectivity index (χ0v) is 20.9. The van der Waals surface area contributed by atoms with Crippen molar-refractivity contribution in [3.8, 4) is 22.4 Å². The van der Waals surface area contributed by atoms with Gasteiger partial charge in [0.1, 0.15) is 0 Å². The van der Waals surface area contributed by atoms with Crippen molar-refractivity contribution in [2.24, 2.45) is 13.0 Å². The highest BCUT2D eigenvalue weighted by Gasteiger charge is 2.21. The molecule has 36 heavy (non-hydrogen) atoms. The molecule has 0 aliphatic carbocycles. The van der Waals surface area contributed by atoms with Gasteiger partial charge in [-0.2, -0.15) is 5.10 Å². The highest BCUT2D eigenvalue weighted by Crippen LogP contribution is 2.39. The Morgan fingerprint density at radius 2 is 1.75 bits per heavy atom. The number of benzene rings is 2. The fourth-order valence-electron chi connectivity index (χ4n) is 5.61. The number of nitrogens with zero attached hydrogens (tertiary/aromatic N) is 6. The van der Waals surface area contributed by atoms with Gasteiger partial charge in [0.05, 0.1) is 35.7 Å². The topological polar surface area (TPSA) is 43.2 Å². The smallest absolute Gasteiger partial charge is 0.187 e. The van der Waals surface area contributed by atoms with Crippen LogP contribution in [0.1, 0.15) is 19.8 Å². The Morgan fingerprint density at radius 3 is 2.50 bits per heavy atom. The van der Waals surface area contributed by atoms with Crippen LogP contribution in [0.15, 0.2) is 67.1 Å². The highest BCUT2D eigenvalue weighted by atomic mass is 15.2. The first-order chi connectivity index (χ1) is 17.6. The number of likely N-dealkylation sites (tertiary alicyclic amines) is 1. The maximum absolute atomic E-state index is 7.35. The monoisotopic (exact) mass is 474 g/mol. The van der Waals surface area contributed by atoms with Gasteiger partial charge < -0.3 is 9.47 Å². The molecule has 0 atom stereocenters. The van der Waals surface area contributed by atoms with E-state index in [0.717, 1.165) is 46.4 Å². The van der Waals surface area contributed by atoms with Crippen LogP contribution < -0.4 is 0 Å². The summed E-state index contributed by atoms with van der Waals surface area (Å²) in [5.41, 5.74) is 7.14. The molecule has 1 aliphatic heterocycles. The summed E-state index contributed by atoms with van der Waals surface area (Å²) in [5.74, 6) is 0.692. The fourth-order valence-corrected chi connectivity index (χ4v) is 5.61. The third kappa shape index (κ3) is 3.96. The summed E-state index contributed by atoms with van der Waals surface area (Å²) in [6, 6.07) is 16.5. The second-order valence-corrected chi connectivity index (χ2v) is 9.83. The predicted octanol–water partition coefficient (Wildman–Crippen LogP) is 6.54. The largest absolute Gasteiger partial charge is 0.346 e. The van der Waals surface area contributed by atoms with Crippen molar-refractivity contribution in [3.63, 3.8) is 0 Å². The van der Waals surface area contributed by atoms with Crippen LogP contribution in [-0.2, 0) is 13.6 Å². The molecule has 0 amide bonds. The van der Waals surface area contributed by atoms with E-state index in [9.17, 15) is 0 Å². The molecular formula is C30H30N6. The van der Waals surface area contributed by atoms with Crippen molar-refractivity contribution in [1.82, 2.24) is 24.2 Å². The van der Waals surface area contributed by atoms with Crippen LogP contribution in [0.3, 0.4) is 0 Å². The van der Waals surface area contributed by atoms with Crippen LogP contribution in [-0.4, -0.2) is 43.9 Å². The molecule has 6 heteroatoms. The molecule has 1 aliphatic rings. The van der Waals surface area contributed by atoms with Crippen LogP contribution in [0.25, 0.3) is 49.0 Å². The Hall–Kier alpha value is -3.95. The van der Waals surface area contributed by atoms with E-state index in [4.69, 9.17) is 11.6 Å². The van der Waals surface area contributed by atoms with Gasteiger partial charge in [-0.1, -0.05) is 37.3 Å². The maximum atomic E-state index is 7.35. The lowest BCUT2D eigenvalue weighted by atomic mass is 9.95. The van der Waals surface area contributed by atoms with E-state index in [2.05, 4.69) is 56.8 Å². The summed E-state index contributed by atoms with van der Waals surface area (Å²) in [6.07, 6.45) is 8.66. The summed E-state index contributed by atoms with van der Waals surface area (Å²) < 4.78 is 4.28. The SMILES string of the molecule is [C-]#[N+]c1ccc(-c2c(-c3ccc4c(cnn4C)c3)ncc3c2ccn3CC2CCN(CC)CC2)cc1. The lowest BCUT2D eigenvalue weighted by molar-refractivity contribution is 0.182. The molecule has 1 saturated heterocycles. The van der Waals surface area contributed by atoms with Gasteiger partial charge in [-0.05, 0) is 62.2 Å². The number of hydrogen-bond donors (Lipinski definition) is 0. The summed E-state index contributed by atoms with van der Waals surface area (Å²) in [6.45, 7) is 14.2. The first-order valence-corrected chi connectivity index (χ1v) is 12.7. The third-order valence-electron chi connectivity index (χ3n) is 7.74. The average molecular weight is 475 g/mol. The molecular weight excluding hydrogens is 444 g/mol. The molecule has 6 nitrogen and oxygen atoms in total. The van der Waals surface area contributed by atoms with E-state index in [1.54, 1.807) is 0 Å².